The molecule has 3 nitrogen and oxygen atoms in total. The van der Waals surface area contributed by atoms with Crippen molar-refractivity contribution in [2.45, 2.75) is 12.8 Å². The van der Waals surface area contributed by atoms with Gasteiger partial charge in [-0.1, -0.05) is 12.2 Å². The Morgan fingerprint density at radius 1 is 0.824 bits per heavy atom. The zero-order chi connectivity index (χ0) is 12.0. The molecule has 3 heteroatoms. The Hall–Kier alpha value is -2.16. The molecule has 86 valence electrons. The van der Waals surface area contributed by atoms with Gasteiger partial charge in [0.2, 0.25) is 0 Å². The Morgan fingerprint density at radius 3 is 2.41 bits per heavy atom. The minimum Gasteiger partial charge on any atom is -0.508 e. The summed E-state index contributed by atoms with van der Waals surface area (Å²) in [4.78, 5) is 0. The van der Waals surface area contributed by atoms with Crippen LogP contribution >= 0.6 is 0 Å². The number of hydrogen-bond donors (Lipinski definition) is 3. The summed E-state index contributed by atoms with van der Waals surface area (Å²) >= 11 is 0. The van der Waals surface area contributed by atoms with Crippen molar-refractivity contribution in [3.8, 4) is 17.2 Å². The summed E-state index contributed by atoms with van der Waals surface area (Å²) < 4.78 is 0. The fourth-order valence-corrected chi connectivity index (χ4v) is 2.37. The molecule has 3 rings (SSSR count). The summed E-state index contributed by atoms with van der Waals surface area (Å²) in [7, 11) is 0. The lowest BCUT2D eigenvalue weighted by Gasteiger charge is -2.16. The van der Waals surface area contributed by atoms with Gasteiger partial charge in [-0.15, -0.1) is 0 Å². The lowest BCUT2D eigenvalue weighted by Crippen LogP contribution is -1.98. The maximum atomic E-state index is 10.2. The molecule has 0 saturated heterocycles. The Kier molecular flexibility index (Phi) is 2.01. The molecule has 2 aromatic rings. The van der Waals surface area contributed by atoms with E-state index >= 15 is 0 Å². The van der Waals surface area contributed by atoms with E-state index < -0.39 is 0 Å². The Labute approximate surface area is 98.3 Å². The molecule has 0 spiro atoms. The first-order chi connectivity index (χ1) is 8.16. The Morgan fingerprint density at radius 2 is 1.59 bits per heavy atom. The van der Waals surface area contributed by atoms with Gasteiger partial charge in [-0.25, -0.2) is 0 Å². The van der Waals surface area contributed by atoms with Gasteiger partial charge in [0.15, 0.2) is 0 Å². The van der Waals surface area contributed by atoms with Crippen molar-refractivity contribution in [3.63, 3.8) is 0 Å². The number of hydrogen-bond acceptors (Lipinski definition) is 3. The molecule has 1 aliphatic rings. The van der Waals surface area contributed by atoms with Crippen molar-refractivity contribution >= 4 is 10.8 Å². The van der Waals surface area contributed by atoms with Crippen LogP contribution in [0.5, 0.6) is 17.2 Å². The van der Waals surface area contributed by atoms with Gasteiger partial charge in [0.25, 0.3) is 0 Å². The van der Waals surface area contributed by atoms with E-state index in [1.807, 2.05) is 18.2 Å². The second-order valence-electron chi connectivity index (χ2n) is 4.30. The standard InChI is InChI=1S/C14H12O3/c15-9-6-12-11(13(16)7-9)5-8-3-1-2-4-10(8)14(12)17/h1-2,5-7,15-17H,3-4H2. The van der Waals surface area contributed by atoms with Gasteiger partial charge in [-0.05, 0) is 30.5 Å². The fourth-order valence-electron chi connectivity index (χ4n) is 2.37. The predicted molar refractivity (Wildman–Crippen MR) is 65.5 cm³/mol. The van der Waals surface area contributed by atoms with Crippen LogP contribution in [0, 0.1) is 0 Å². The molecule has 0 radical (unpaired) electrons. The van der Waals surface area contributed by atoms with Gasteiger partial charge < -0.3 is 15.3 Å². The first kappa shape index (κ1) is 10.0. The quantitative estimate of drug-likeness (QED) is 0.607. The van der Waals surface area contributed by atoms with Crippen molar-refractivity contribution in [1.29, 1.82) is 0 Å². The zero-order valence-corrected chi connectivity index (χ0v) is 9.14. The van der Waals surface area contributed by atoms with E-state index in [1.165, 1.54) is 12.1 Å². The summed E-state index contributed by atoms with van der Waals surface area (Å²) in [6.45, 7) is 0. The molecule has 3 N–H and O–H groups in total. The van der Waals surface area contributed by atoms with Crippen molar-refractivity contribution in [2.75, 3.05) is 0 Å². The first-order valence-electron chi connectivity index (χ1n) is 5.51. The molecule has 1 aliphatic carbocycles. The van der Waals surface area contributed by atoms with Crippen molar-refractivity contribution in [2.24, 2.45) is 0 Å². The number of phenols is 3. The molecular formula is C14H12O3. The second-order valence-corrected chi connectivity index (χ2v) is 4.30. The molecule has 0 unspecified atom stereocenters. The van der Waals surface area contributed by atoms with Gasteiger partial charge in [0, 0.05) is 22.4 Å². The van der Waals surface area contributed by atoms with Crippen LogP contribution in [0.4, 0.5) is 0 Å². The van der Waals surface area contributed by atoms with Crippen LogP contribution in [0.15, 0.2) is 30.4 Å². The summed E-state index contributed by atoms with van der Waals surface area (Å²) in [5.74, 6) is 0.109. The van der Waals surface area contributed by atoms with Crippen molar-refractivity contribution in [1.82, 2.24) is 0 Å². The SMILES string of the molecule is Oc1cc(O)c2cc3c(c(O)c2c1)CC=CC3. The average molecular weight is 228 g/mol. The van der Waals surface area contributed by atoms with Gasteiger partial charge >= 0.3 is 0 Å². The molecule has 0 amide bonds. The van der Waals surface area contributed by atoms with Crippen molar-refractivity contribution < 1.29 is 15.3 Å². The van der Waals surface area contributed by atoms with E-state index in [4.69, 9.17) is 0 Å². The molecule has 17 heavy (non-hydrogen) atoms. The van der Waals surface area contributed by atoms with Crippen LogP contribution < -0.4 is 0 Å². The van der Waals surface area contributed by atoms with E-state index in [0.29, 0.717) is 17.2 Å². The van der Waals surface area contributed by atoms with Crippen LogP contribution in [-0.4, -0.2) is 15.3 Å². The molecule has 0 atom stereocenters. The molecule has 0 aliphatic heterocycles. The molecule has 0 fully saturated rings. The number of rotatable bonds is 0. The summed E-state index contributed by atoms with van der Waals surface area (Å²) in [5, 5.41) is 30.5. The highest BCUT2D eigenvalue weighted by molar-refractivity contribution is 5.95. The Bertz CT molecular complexity index is 642. The highest BCUT2D eigenvalue weighted by Gasteiger charge is 2.16. The predicted octanol–water partition coefficient (Wildman–Crippen LogP) is 2.61. The molecule has 2 aromatic carbocycles. The molecular weight excluding hydrogens is 216 g/mol. The van der Waals surface area contributed by atoms with E-state index in [1.54, 1.807) is 0 Å². The van der Waals surface area contributed by atoms with Crippen LogP contribution in [0.1, 0.15) is 11.1 Å². The third-order valence-corrected chi connectivity index (χ3v) is 3.22. The third-order valence-electron chi connectivity index (χ3n) is 3.22. The topological polar surface area (TPSA) is 60.7 Å². The number of phenolic OH excluding ortho intramolecular Hbond substituents is 3. The van der Waals surface area contributed by atoms with Crippen LogP contribution in [0.3, 0.4) is 0 Å². The molecule has 0 saturated carbocycles. The monoisotopic (exact) mass is 228 g/mol. The van der Waals surface area contributed by atoms with E-state index in [-0.39, 0.29) is 17.2 Å². The highest BCUT2D eigenvalue weighted by Crippen LogP contribution is 2.40. The normalized spacial score (nSPS) is 13.9. The van der Waals surface area contributed by atoms with Crippen molar-refractivity contribution in [3.05, 3.63) is 41.5 Å². The average Bonchev–Trinajstić information content (AvgIpc) is 2.31. The number of allylic oxidation sites excluding steroid dienone is 2. The Balaban J connectivity index is 2.42. The lowest BCUT2D eigenvalue weighted by molar-refractivity contribution is 0.452. The summed E-state index contributed by atoms with van der Waals surface area (Å²) in [6.07, 6.45) is 5.51. The minimum absolute atomic E-state index is 0.00680. The zero-order valence-electron chi connectivity index (χ0n) is 9.14. The van der Waals surface area contributed by atoms with Gasteiger partial charge in [0.1, 0.15) is 17.2 Å². The maximum absolute atomic E-state index is 10.2. The summed E-state index contributed by atoms with van der Waals surface area (Å²) in [5.41, 5.74) is 1.91. The second kappa shape index (κ2) is 3.42. The van der Waals surface area contributed by atoms with Gasteiger partial charge in [0.05, 0.1) is 0 Å². The smallest absolute Gasteiger partial charge is 0.127 e. The molecule has 0 heterocycles. The van der Waals surface area contributed by atoms with Crippen LogP contribution in [0.2, 0.25) is 0 Å². The van der Waals surface area contributed by atoms with E-state index in [2.05, 4.69) is 0 Å². The first-order valence-corrected chi connectivity index (χ1v) is 5.51. The van der Waals surface area contributed by atoms with Gasteiger partial charge in [-0.3, -0.25) is 0 Å². The highest BCUT2D eigenvalue weighted by atomic mass is 16.3. The molecule has 0 aromatic heterocycles. The van der Waals surface area contributed by atoms with Crippen LogP contribution in [-0.2, 0) is 12.8 Å². The number of benzene rings is 2. The third kappa shape index (κ3) is 1.43. The molecule has 0 bridgehead atoms. The minimum atomic E-state index is -0.0448. The summed E-state index contributed by atoms with van der Waals surface area (Å²) in [6, 6.07) is 4.64. The van der Waals surface area contributed by atoms with Gasteiger partial charge in [-0.2, -0.15) is 0 Å². The number of aromatic hydroxyl groups is 3. The number of fused-ring (bicyclic) bond motifs is 2. The van der Waals surface area contributed by atoms with E-state index in [9.17, 15) is 15.3 Å². The maximum Gasteiger partial charge on any atom is 0.127 e. The van der Waals surface area contributed by atoms with Crippen LogP contribution in [0.25, 0.3) is 10.8 Å². The van der Waals surface area contributed by atoms with E-state index in [0.717, 1.165) is 17.5 Å². The largest absolute Gasteiger partial charge is 0.508 e. The fraction of sp³-hybridized carbons (Fsp3) is 0.143. The lowest BCUT2D eigenvalue weighted by atomic mass is 9.92.